The highest BCUT2D eigenvalue weighted by Crippen LogP contribution is 2.35. The summed E-state index contributed by atoms with van der Waals surface area (Å²) in [4.78, 5) is 0. The first-order valence-electron chi connectivity index (χ1n) is 5.84. The zero-order valence-electron chi connectivity index (χ0n) is 10.1. The van der Waals surface area contributed by atoms with Crippen molar-refractivity contribution in [2.45, 2.75) is 19.4 Å². The van der Waals surface area contributed by atoms with Gasteiger partial charge in [-0.2, -0.15) is 11.8 Å². The molecule has 1 N–H and O–H groups in total. The highest BCUT2D eigenvalue weighted by Gasteiger charge is 2.28. The maximum atomic E-state index is 13.9. The average Bonchev–Trinajstić information content (AvgIpc) is 2.84. The van der Waals surface area contributed by atoms with Crippen molar-refractivity contribution in [2.75, 3.05) is 18.6 Å². The molecule has 0 bridgehead atoms. The number of aryl methyl sites for hydroxylation is 1. The minimum absolute atomic E-state index is 0.0832. The van der Waals surface area contributed by atoms with Crippen molar-refractivity contribution in [3.63, 3.8) is 0 Å². The van der Waals surface area contributed by atoms with Crippen LogP contribution in [0.4, 0.5) is 8.78 Å². The lowest BCUT2D eigenvalue weighted by Crippen LogP contribution is -2.26. The normalized spacial score (nSPS) is 21.8. The van der Waals surface area contributed by atoms with Gasteiger partial charge < -0.3 is 5.32 Å². The minimum Gasteiger partial charge on any atom is -0.313 e. The zero-order valence-corrected chi connectivity index (χ0v) is 10.9. The fraction of sp³-hybridized carbons (Fsp3) is 0.538. The molecule has 0 aromatic heterocycles. The quantitative estimate of drug-likeness (QED) is 0.891. The monoisotopic (exact) mass is 257 g/mol. The summed E-state index contributed by atoms with van der Waals surface area (Å²) < 4.78 is 27.5. The molecule has 2 unspecified atom stereocenters. The lowest BCUT2D eigenvalue weighted by atomic mass is 9.91. The van der Waals surface area contributed by atoms with E-state index in [1.165, 1.54) is 0 Å². The van der Waals surface area contributed by atoms with Gasteiger partial charge in [0.25, 0.3) is 0 Å². The van der Waals surface area contributed by atoms with Crippen LogP contribution in [-0.2, 0) is 0 Å². The van der Waals surface area contributed by atoms with E-state index in [1.54, 1.807) is 19.1 Å². The van der Waals surface area contributed by atoms with Gasteiger partial charge in [-0.25, -0.2) is 8.78 Å². The second-order valence-electron chi connectivity index (χ2n) is 4.49. The summed E-state index contributed by atoms with van der Waals surface area (Å²) in [6, 6.07) is 3.28. The Labute approximate surface area is 105 Å². The van der Waals surface area contributed by atoms with E-state index < -0.39 is 11.6 Å². The number of nitrogens with one attached hydrogen (secondary N) is 1. The third-order valence-electron chi connectivity index (χ3n) is 3.39. The molecular formula is C13H17F2NS. The summed E-state index contributed by atoms with van der Waals surface area (Å²) in [7, 11) is 1.81. The summed E-state index contributed by atoms with van der Waals surface area (Å²) in [5.41, 5.74) is 0.824. The SMILES string of the molecule is CNC(c1ccc(C)c(F)c1F)C1CCSC1. The average molecular weight is 257 g/mol. The molecular weight excluding hydrogens is 240 g/mol. The van der Waals surface area contributed by atoms with Gasteiger partial charge in [-0.1, -0.05) is 12.1 Å². The highest BCUT2D eigenvalue weighted by atomic mass is 32.2. The van der Waals surface area contributed by atoms with Crippen molar-refractivity contribution in [1.82, 2.24) is 5.32 Å². The van der Waals surface area contributed by atoms with E-state index in [2.05, 4.69) is 5.32 Å². The minimum atomic E-state index is -0.714. The van der Waals surface area contributed by atoms with Gasteiger partial charge in [-0.15, -0.1) is 0 Å². The second-order valence-corrected chi connectivity index (χ2v) is 5.64. The third-order valence-corrected chi connectivity index (χ3v) is 4.58. The molecule has 1 aromatic rings. The molecule has 1 fully saturated rings. The molecule has 1 saturated heterocycles. The highest BCUT2D eigenvalue weighted by molar-refractivity contribution is 7.99. The van der Waals surface area contributed by atoms with Crippen molar-refractivity contribution in [2.24, 2.45) is 5.92 Å². The van der Waals surface area contributed by atoms with Crippen LogP contribution in [0.3, 0.4) is 0 Å². The summed E-state index contributed by atoms with van der Waals surface area (Å²) in [5, 5.41) is 3.13. The molecule has 2 rings (SSSR count). The Balaban J connectivity index is 2.33. The van der Waals surface area contributed by atoms with E-state index in [1.807, 2.05) is 18.8 Å². The largest absolute Gasteiger partial charge is 0.313 e. The van der Waals surface area contributed by atoms with Crippen LogP contribution < -0.4 is 5.32 Å². The molecule has 94 valence electrons. The lowest BCUT2D eigenvalue weighted by molar-refractivity contribution is 0.393. The maximum Gasteiger partial charge on any atom is 0.163 e. The molecule has 0 saturated carbocycles. The topological polar surface area (TPSA) is 12.0 Å². The van der Waals surface area contributed by atoms with Crippen molar-refractivity contribution < 1.29 is 8.78 Å². The van der Waals surface area contributed by atoms with Gasteiger partial charge >= 0.3 is 0 Å². The molecule has 17 heavy (non-hydrogen) atoms. The van der Waals surface area contributed by atoms with Gasteiger partial charge in [0.05, 0.1) is 0 Å². The Hall–Kier alpha value is -0.610. The number of hydrogen-bond acceptors (Lipinski definition) is 2. The lowest BCUT2D eigenvalue weighted by Gasteiger charge is -2.23. The van der Waals surface area contributed by atoms with Crippen molar-refractivity contribution in [3.05, 3.63) is 34.9 Å². The van der Waals surface area contributed by atoms with Crippen LogP contribution in [0.2, 0.25) is 0 Å². The van der Waals surface area contributed by atoms with Crippen LogP contribution >= 0.6 is 11.8 Å². The van der Waals surface area contributed by atoms with Gasteiger partial charge in [0.15, 0.2) is 11.6 Å². The molecule has 0 spiro atoms. The molecule has 1 aliphatic heterocycles. The molecule has 4 heteroatoms. The first-order valence-corrected chi connectivity index (χ1v) is 7.00. The predicted octanol–water partition coefficient (Wildman–Crippen LogP) is 3.29. The molecule has 1 heterocycles. The van der Waals surface area contributed by atoms with Crippen LogP contribution in [0.5, 0.6) is 0 Å². The van der Waals surface area contributed by atoms with E-state index in [4.69, 9.17) is 0 Å². The van der Waals surface area contributed by atoms with Crippen molar-refractivity contribution in [1.29, 1.82) is 0 Å². The van der Waals surface area contributed by atoms with E-state index in [-0.39, 0.29) is 6.04 Å². The van der Waals surface area contributed by atoms with Crippen LogP contribution in [0.1, 0.15) is 23.6 Å². The van der Waals surface area contributed by atoms with Crippen molar-refractivity contribution in [3.8, 4) is 0 Å². The third kappa shape index (κ3) is 2.47. The van der Waals surface area contributed by atoms with Crippen LogP contribution in [0, 0.1) is 24.5 Å². The van der Waals surface area contributed by atoms with E-state index in [0.717, 1.165) is 17.9 Å². The van der Waals surface area contributed by atoms with Gasteiger partial charge in [-0.05, 0) is 43.4 Å². The fourth-order valence-corrected chi connectivity index (χ4v) is 3.66. The van der Waals surface area contributed by atoms with Crippen LogP contribution in [0.15, 0.2) is 12.1 Å². The Morgan fingerprint density at radius 2 is 2.12 bits per heavy atom. The molecule has 1 aliphatic rings. The van der Waals surface area contributed by atoms with Crippen LogP contribution in [0.25, 0.3) is 0 Å². The Kier molecular flexibility index (Phi) is 4.05. The van der Waals surface area contributed by atoms with Gasteiger partial charge in [0.2, 0.25) is 0 Å². The van der Waals surface area contributed by atoms with E-state index in [0.29, 0.717) is 17.0 Å². The number of hydrogen-bond donors (Lipinski definition) is 1. The summed E-state index contributed by atoms with van der Waals surface area (Å²) >= 11 is 1.88. The number of thioether (sulfide) groups is 1. The smallest absolute Gasteiger partial charge is 0.163 e. The van der Waals surface area contributed by atoms with Gasteiger partial charge in [0, 0.05) is 11.6 Å². The van der Waals surface area contributed by atoms with Gasteiger partial charge in [-0.3, -0.25) is 0 Å². The first kappa shape index (κ1) is 12.8. The van der Waals surface area contributed by atoms with E-state index in [9.17, 15) is 8.78 Å². The summed E-state index contributed by atoms with van der Waals surface area (Å²) in [6.45, 7) is 1.59. The summed E-state index contributed by atoms with van der Waals surface area (Å²) in [5.74, 6) is 1.11. The molecule has 0 radical (unpaired) electrons. The number of benzene rings is 1. The molecule has 0 aliphatic carbocycles. The number of rotatable bonds is 3. The van der Waals surface area contributed by atoms with E-state index >= 15 is 0 Å². The fourth-order valence-electron chi connectivity index (χ4n) is 2.36. The Morgan fingerprint density at radius 1 is 1.35 bits per heavy atom. The van der Waals surface area contributed by atoms with Crippen LogP contribution in [-0.4, -0.2) is 18.6 Å². The Bertz CT molecular complexity index is 403. The Morgan fingerprint density at radius 3 is 2.71 bits per heavy atom. The second kappa shape index (κ2) is 5.36. The molecule has 1 nitrogen and oxygen atoms in total. The predicted molar refractivity (Wildman–Crippen MR) is 68.3 cm³/mol. The molecule has 0 amide bonds. The first-order chi connectivity index (χ1) is 8.15. The standard InChI is InChI=1S/C13H17F2NS/c1-8-3-4-10(12(15)11(8)14)13(16-2)9-5-6-17-7-9/h3-4,9,13,16H,5-7H2,1-2H3. The molecule has 2 atom stereocenters. The molecule has 1 aromatic carbocycles. The number of halogens is 2. The summed E-state index contributed by atoms with van der Waals surface area (Å²) in [6.07, 6.45) is 1.06. The van der Waals surface area contributed by atoms with Gasteiger partial charge in [0.1, 0.15) is 0 Å². The maximum absolute atomic E-state index is 13.9. The zero-order chi connectivity index (χ0) is 12.4. The van der Waals surface area contributed by atoms with Crippen molar-refractivity contribution >= 4 is 11.8 Å².